The van der Waals surface area contributed by atoms with Crippen molar-refractivity contribution in [2.75, 3.05) is 31.2 Å². The molecule has 0 saturated carbocycles. The van der Waals surface area contributed by atoms with Gasteiger partial charge in [0.2, 0.25) is 0 Å². The van der Waals surface area contributed by atoms with Crippen molar-refractivity contribution in [1.29, 1.82) is 0 Å². The van der Waals surface area contributed by atoms with E-state index in [9.17, 15) is 4.79 Å². The van der Waals surface area contributed by atoms with Gasteiger partial charge in [0.15, 0.2) is 5.78 Å². The highest BCUT2D eigenvalue weighted by Crippen LogP contribution is 2.31. The van der Waals surface area contributed by atoms with Crippen LogP contribution in [0.5, 0.6) is 0 Å². The Kier molecular flexibility index (Phi) is 3.52. The van der Waals surface area contributed by atoms with E-state index in [2.05, 4.69) is 15.1 Å². The van der Waals surface area contributed by atoms with Gasteiger partial charge in [-0.05, 0) is 31.2 Å². The molecule has 2 heterocycles. The average molecular weight is 271 g/mol. The minimum atomic E-state index is 0.0688. The SMILES string of the molecule is CC(=O)c1ccc(N2CCOCC2)c(-c2ccn[nH]2)c1. The van der Waals surface area contributed by atoms with Gasteiger partial charge in [-0.3, -0.25) is 9.89 Å². The molecule has 3 rings (SSSR count). The number of anilines is 1. The third-order valence-corrected chi connectivity index (χ3v) is 3.55. The minimum Gasteiger partial charge on any atom is -0.378 e. The Labute approximate surface area is 117 Å². The van der Waals surface area contributed by atoms with Crippen molar-refractivity contribution < 1.29 is 9.53 Å². The summed E-state index contributed by atoms with van der Waals surface area (Å²) < 4.78 is 5.40. The number of carbonyl (C=O) groups excluding carboxylic acids is 1. The van der Waals surface area contributed by atoms with Crippen molar-refractivity contribution in [3.05, 3.63) is 36.0 Å². The molecule has 0 aliphatic carbocycles. The number of ether oxygens (including phenoxy) is 1. The smallest absolute Gasteiger partial charge is 0.159 e. The Morgan fingerprint density at radius 1 is 1.30 bits per heavy atom. The molecule has 1 N–H and O–H groups in total. The fraction of sp³-hybridized carbons (Fsp3) is 0.333. The first-order chi connectivity index (χ1) is 9.75. The van der Waals surface area contributed by atoms with Crippen LogP contribution in [0.2, 0.25) is 0 Å². The number of nitrogens with zero attached hydrogens (tertiary/aromatic N) is 2. The van der Waals surface area contributed by atoms with Crippen LogP contribution >= 0.6 is 0 Å². The fourth-order valence-electron chi connectivity index (χ4n) is 2.46. The molecule has 0 bridgehead atoms. The van der Waals surface area contributed by atoms with E-state index in [0.717, 1.165) is 43.2 Å². The molecule has 0 spiro atoms. The summed E-state index contributed by atoms with van der Waals surface area (Å²) >= 11 is 0. The lowest BCUT2D eigenvalue weighted by atomic mass is 10.0. The van der Waals surface area contributed by atoms with E-state index in [1.807, 2.05) is 24.3 Å². The van der Waals surface area contributed by atoms with Crippen molar-refractivity contribution in [1.82, 2.24) is 10.2 Å². The van der Waals surface area contributed by atoms with Gasteiger partial charge in [0, 0.05) is 36.1 Å². The molecule has 0 unspecified atom stereocenters. The van der Waals surface area contributed by atoms with Crippen LogP contribution in [-0.2, 0) is 4.74 Å². The predicted octanol–water partition coefficient (Wildman–Crippen LogP) is 2.12. The first kappa shape index (κ1) is 12.9. The third kappa shape index (κ3) is 2.44. The highest BCUT2D eigenvalue weighted by Gasteiger charge is 2.17. The maximum Gasteiger partial charge on any atom is 0.159 e. The Hall–Kier alpha value is -2.14. The van der Waals surface area contributed by atoms with Crippen molar-refractivity contribution in [3.8, 4) is 11.3 Å². The largest absolute Gasteiger partial charge is 0.378 e. The molecule has 0 radical (unpaired) electrons. The summed E-state index contributed by atoms with van der Waals surface area (Å²) in [7, 11) is 0. The van der Waals surface area contributed by atoms with Crippen LogP contribution in [0.15, 0.2) is 30.5 Å². The number of nitrogens with one attached hydrogen (secondary N) is 1. The van der Waals surface area contributed by atoms with Gasteiger partial charge in [-0.1, -0.05) is 0 Å². The molecular weight excluding hydrogens is 254 g/mol. The van der Waals surface area contributed by atoms with Crippen LogP contribution in [0, 0.1) is 0 Å². The van der Waals surface area contributed by atoms with Gasteiger partial charge in [-0.2, -0.15) is 5.10 Å². The second kappa shape index (κ2) is 5.46. The zero-order valence-corrected chi connectivity index (χ0v) is 11.4. The molecular formula is C15H17N3O2. The molecule has 2 aromatic rings. The monoisotopic (exact) mass is 271 g/mol. The summed E-state index contributed by atoms with van der Waals surface area (Å²) in [5, 5.41) is 6.99. The molecule has 5 nitrogen and oxygen atoms in total. The van der Waals surface area contributed by atoms with E-state index >= 15 is 0 Å². The highest BCUT2D eigenvalue weighted by atomic mass is 16.5. The van der Waals surface area contributed by atoms with E-state index in [1.54, 1.807) is 13.1 Å². The Balaban J connectivity index is 2.06. The lowest BCUT2D eigenvalue weighted by molar-refractivity contribution is 0.101. The number of aromatic nitrogens is 2. The van der Waals surface area contributed by atoms with Crippen molar-refractivity contribution in [2.24, 2.45) is 0 Å². The van der Waals surface area contributed by atoms with Crippen LogP contribution in [0.1, 0.15) is 17.3 Å². The summed E-state index contributed by atoms with van der Waals surface area (Å²) in [5.74, 6) is 0.0688. The Morgan fingerprint density at radius 3 is 2.75 bits per heavy atom. The maximum absolute atomic E-state index is 11.6. The summed E-state index contributed by atoms with van der Waals surface area (Å²) in [6, 6.07) is 7.75. The van der Waals surface area contributed by atoms with Gasteiger partial charge in [0.25, 0.3) is 0 Å². The zero-order chi connectivity index (χ0) is 13.9. The number of rotatable bonds is 3. The molecule has 1 aromatic carbocycles. The van der Waals surface area contributed by atoms with Crippen molar-refractivity contribution >= 4 is 11.5 Å². The van der Waals surface area contributed by atoms with Crippen molar-refractivity contribution in [2.45, 2.75) is 6.92 Å². The number of carbonyl (C=O) groups is 1. The summed E-state index contributed by atoms with van der Waals surface area (Å²) in [5.41, 5.74) is 3.76. The van der Waals surface area contributed by atoms with Crippen LogP contribution in [0.4, 0.5) is 5.69 Å². The van der Waals surface area contributed by atoms with Crippen LogP contribution in [-0.4, -0.2) is 42.3 Å². The van der Waals surface area contributed by atoms with E-state index < -0.39 is 0 Å². The number of H-pyrrole nitrogens is 1. The standard InChI is InChI=1S/C15H17N3O2/c1-11(19)12-2-3-15(18-6-8-20-9-7-18)13(10-12)14-4-5-16-17-14/h2-5,10H,6-9H2,1H3,(H,16,17). The first-order valence-electron chi connectivity index (χ1n) is 6.73. The van der Waals surface area contributed by atoms with Gasteiger partial charge in [-0.25, -0.2) is 0 Å². The maximum atomic E-state index is 11.6. The molecule has 1 aromatic heterocycles. The molecule has 0 atom stereocenters. The predicted molar refractivity (Wildman–Crippen MR) is 77.1 cm³/mol. The Morgan fingerprint density at radius 2 is 2.10 bits per heavy atom. The average Bonchev–Trinajstić information content (AvgIpc) is 3.01. The quantitative estimate of drug-likeness (QED) is 0.869. The fourth-order valence-corrected chi connectivity index (χ4v) is 2.46. The van der Waals surface area contributed by atoms with Gasteiger partial charge in [-0.15, -0.1) is 0 Å². The van der Waals surface area contributed by atoms with Gasteiger partial charge in [0.05, 0.1) is 18.9 Å². The molecule has 1 aliphatic rings. The van der Waals surface area contributed by atoms with Crippen LogP contribution < -0.4 is 4.90 Å². The number of ketones is 1. The Bertz CT molecular complexity index is 602. The molecule has 1 saturated heterocycles. The van der Waals surface area contributed by atoms with Crippen LogP contribution in [0.3, 0.4) is 0 Å². The highest BCUT2D eigenvalue weighted by molar-refractivity contribution is 5.96. The molecule has 104 valence electrons. The summed E-state index contributed by atoms with van der Waals surface area (Å²) in [6.45, 7) is 4.77. The second-order valence-corrected chi connectivity index (χ2v) is 4.86. The zero-order valence-electron chi connectivity index (χ0n) is 11.4. The molecule has 1 fully saturated rings. The second-order valence-electron chi connectivity index (χ2n) is 4.86. The summed E-state index contributed by atoms with van der Waals surface area (Å²) in [6.07, 6.45) is 1.72. The lowest BCUT2D eigenvalue weighted by Gasteiger charge is -2.30. The third-order valence-electron chi connectivity index (χ3n) is 3.55. The molecule has 1 aliphatic heterocycles. The normalized spacial score (nSPS) is 15.3. The van der Waals surface area contributed by atoms with E-state index in [0.29, 0.717) is 5.56 Å². The molecule has 0 amide bonds. The van der Waals surface area contributed by atoms with Gasteiger partial charge < -0.3 is 9.64 Å². The number of Topliss-reactive ketones (excluding diaryl/α,β-unsaturated/α-hetero) is 1. The van der Waals surface area contributed by atoms with E-state index in [1.165, 1.54) is 0 Å². The van der Waals surface area contributed by atoms with Gasteiger partial charge >= 0.3 is 0 Å². The number of hydrogen-bond donors (Lipinski definition) is 1. The number of aromatic amines is 1. The number of morpholine rings is 1. The van der Waals surface area contributed by atoms with Crippen molar-refractivity contribution in [3.63, 3.8) is 0 Å². The molecule has 5 heteroatoms. The molecule has 20 heavy (non-hydrogen) atoms. The lowest BCUT2D eigenvalue weighted by Crippen LogP contribution is -2.36. The minimum absolute atomic E-state index is 0.0688. The number of benzene rings is 1. The first-order valence-corrected chi connectivity index (χ1v) is 6.73. The number of hydrogen-bond acceptors (Lipinski definition) is 4. The van der Waals surface area contributed by atoms with E-state index in [-0.39, 0.29) is 5.78 Å². The summed E-state index contributed by atoms with van der Waals surface area (Å²) in [4.78, 5) is 13.9. The van der Waals surface area contributed by atoms with E-state index in [4.69, 9.17) is 4.74 Å². The van der Waals surface area contributed by atoms with Gasteiger partial charge in [0.1, 0.15) is 0 Å². The van der Waals surface area contributed by atoms with Crippen LogP contribution in [0.25, 0.3) is 11.3 Å². The topological polar surface area (TPSA) is 58.2 Å².